The third kappa shape index (κ3) is 4.03. The molecule has 0 bridgehead atoms. The Labute approximate surface area is 137 Å². The quantitative estimate of drug-likeness (QED) is 0.929. The van der Waals surface area contributed by atoms with Crippen LogP contribution in [0, 0.1) is 0 Å². The van der Waals surface area contributed by atoms with Crippen LogP contribution >= 0.6 is 0 Å². The topological polar surface area (TPSA) is 50.8 Å². The van der Waals surface area contributed by atoms with Crippen LogP contribution in [-0.2, 0) is 9.47 Å². The van der Waals surface area contributed by atoms with Crippen molar-refractivity contribution >= 4 is 6.03 Å². The van der Waals surface area contributed by atoms with E-state index in [1.54, 1.807) is 0 Å². The fourth-order valence-electron chi connectivity index (χ4n) is 3.29. The Hall–Kier alpha value is -1.59. The van der Waals surface area contributed by atoms with Crippen LogP contribution in [0.3, 0.4) is 0 Å². The molecule has 2 aliphatic rings. The van der Waals surface area contributed by atoms with Gasteiger partial charge in [-0.25, -0.2) is 4.79 Å². The maximum Gasteiger partial charge on any atom is 0.317 e. The number of piperidine rings is 1. The van der Waals surface area contributed by atoms with Gasteiger partial charge in [0.2, 0.25) is 0 Å². The Morgan fingerprint density at radius 2 is 1.87 bits per heavy atom. The summed E-state index contributed by atoms with van der Waals surface area (Å²) in [6, 6.07) is 10.4. The molecule has 2 saturated heterocycles. The van der Waals surface area contributed by atoms with Crippen LogP contribution in [0.5, 0.6) is 0 Å². The number of benzene rings is 1. The number of nitrogens with one attached hydrogen (secondary N) is 1. The fourth-order valence-corrected chi connectivity index (χ4v) is 3.29. The van der Waals surface area contributed by atoms with Crippen molar-refractivity contribution in [1.82, 2.24) is 10.2 Å². The van der Waals surface area contributed by atoms with Gasteiger partial charge in [0, 0.05) is 32.5 Å². The second-order valence-corrected chi connectivity index (χ2v) is 6.43. The number of carbonyl (C=O) groups is 1. The highest BCUT2D eigenvalue weighted by Gasteiger charge is 2.40. The highest BCUT2D eigenvalue weighted by atomic mass is 16.7. The molecule has 1 N–H and O–H groups in total. The van der Waals surface area contributed by atoms with Gasteiger partial charge in [-0.2, -0.15) is 0 Å². The summed E-state index contributed by atoms with van der Waals surface area (Å²) in [4.78, 5) is 14.1. The average molecular weight is 318 g/mol. The Morgan fingerprint density at radius 3 is 2.52 bits per heavy atom. The predicted molar refractivity (Wildman–Crippen MR) is 88.3 cm³/mol. The Balaban J connectivity index is 1.38. The summed E-state index contributed by atoms with van der Waals surface area (Å²) >= 11 is 0. The van der Waals surface area contributed by atoms with E-state index in [0.717, 1.165) is 19.3 Å². The smallest absolute Gasteiger partial charge is 0.317 e. The molecule has 2 heterocycles. The molecule has 2 amide bonds. The largest absolute Gasteiger partial charge is 0.347 e. The minimum absolute atomic E-state index is 0.0260. The lowest BCUT2D eigenvalue weighted by molar-refractivity contribution is -0.181. The normalized spacial score (nSPS) is 21.3. The van der Waals surface area contributed by atoms with Gasteiger partial charge in [0.25, 0.3) is 0 Å². The second kappa shape index (κ2) is 7.32. The van der Waals surface area contributed by atoms with E-state index >= 15 is 0 Å². The van der Waals surface area contributed by atoms with Crippen molar-refractivity contribution in [3.05, 3.63) is 35.9 Å². The van der Waals surface area contributed by atoms with Crippen molar-refractivity contribution in [3.8, 4) is 0 Å². The molecule has 0 radical (unpaired) electrons. The molecule has 5 nitrogen and oxygen atoms in total. The molecule has 0 saturated carbocycles. The number of urea groups is 1. The van der Waals surface area contributed by atoms with Crippen molar-refractivity contribution in [2.75, 3.05) is 32.8 Å². The monoisotopic (exact) mass is 318 g/mol. The molecule has 1 aromatic carbocycles. The SMILES string of the molecule is C[C@@H](CCNC(=O)N1CCC2(CC1)OCCO2)c1ccccc1. The Kier molecular flexibility index (Phi) is 5.18. The Morgan fingerprint density at radius 1 is 1.22 bits per heavy atom. The van der Waals surface area contributed by atoms with Crippen LogP contribution in [0.25, 0.3) is 0 Å². The first-order valence-corrected chi connectivity index (χ1v) is 8.54. The molecule has 3 rings (SSSR count). The van der Waals surface area contributed by atoms with E-state index < -0.39 is 5.79 Å². The van der Waals surface area contributed by atoms with E-state index in [0.29, 0.717) is 38.8 Å². The third-order valence-electron chi connectivity index (χ3n) is 4.85. The maximum atomic E-state index is 12.3. The summed E-state index contributed by atoms with van der Waals surface area (Å²) in [5.41, 5.74) is 1.32. The first-order chi connectivity index (χ1) is 11.2. The number of ether oxygens (including phenoxy) is 2. The summed E-state index contributed by atoms with van der Waals surface area (Å²) in [7, 11) is 0. The van der Waals surface area contributed by atoms with Crippen LogP contribution < -0.4 is 5.32 Å². The first kappa shape index (κ1) is 16.3. The molecule has 1 atom stereocenters. The number of hydrogen-bond acceptors (Lipinski definition) is 3. The van der Waals surface area contributed by atoms with Gasteiger partial charge in [-0.05, 0) is 17.9 Å². The fraction of sp³-hybridized carbons (Fsp3) is 0.611. The van der Waals surface area contributed by atoms with E-state index in [2.05, 4.69) is 36.5 Å². The molecule has 1 aromatic rings. The number of likely N-dealkylation sites (tertiary alicyclic amines) is 1. The van der Waals surface area contributed by atoms with Gasteiger partial charge < -0.3 is 19.7 Å². The zero-order valence-electron chi connectivity index (χ0n) is 13.8. The van der Waals surface area contributed by atoms with Crippen LogP contribution in [-0.4, -0.2) is 49.6 Å². The number of amides is 2. The molecule has 23 heavy (non-hydrogen) atoms. The van der Waals surface area contributed by atoms with Crippen molar-refractivity contribution < 1.29 is 14.3 Å². The number of hydrogen-bond donors (Lipinski definition) is 1. The van der Waals surface area contributed by atoms with Gasteiger partial charge in [-0.3, -0.25) is 0 Å². The lowest BCUT2D eigenvalue weighted by Crippen LogP contribution is -2.50. The molecule has 0 aliphatic carbocycles. The van der Waals surface area contributed by atoms with E-state index in [9.17, 15) is 4.79 Å². The van der Waals surface area contributed by atoms with Gasteiger partial charge >= 0.3 is 6.03 Å². The molecule has 5 heteroatoms. The van der Waals surface area contributed by atoms with Crippen LogP contribution in [0.15, 0.2) is 30.3 Å². The zero-order chi connectivity index (χ0) is 16.1. The van der Waals surface area contributed by atoms with E-state index in [1.165, 1.54) is 5.56 Å². The highest BCUT2D eigenvalue weighted by Crippen LogP contribution is 2.31. The highest BCUT2D eigenvalue weighted by molar-refractivity contribution is 5.74. The minimum atomic E-state index is -0.418. The molecule has 0 unspecified atom stereocenters. The Bertz CT molecular complexity index is 504. The summed E-state index contributed by atoms with van der Waals surface area (Å²) in [6.07, 6.45) is 2.47. The molecule has 0 aromatic heterocycles. The van der Waals surface area contributed by atoms with Gasteiger partial charge in [0.05, 0.1) is 13.2 Å². The first-order valence-electron chi connectivity index (χ1n) is 8.54. The van der Waals surface area contributed by atoms with Crippen LogP contribution in [0.1, 0.15) is 37.7 Å². The van der Waals surface area contributed by atoms with Crippen LogP contribution in [0.4, 0.5) is 4.79 Å². The molecule has 2 aliphatic heterocycles. The van der Waals surface area contributed by atoms with Crippen molar-refractivity contribution in [2.24, 2.45) is 0 Å². The summed E-state index contributed by atoms with van der Waals surface area (Å²) in [5, 5.41) is 3.04. The predicted octanol–water partition coefficient (Wildman–Crippen LogP) is 2.73. The van der Waals surface area contributed by atoms with Crippen molar-refractivity contribution in [2.45, 2.75) is 37.9 Å². The third-order valence-corrected chi connectivity index (χ3v) is 4.85. The minimum Gasteiger partial charge on any atom is -0.347 e. The molecule has 2 fully saturated rings. The molecule has 126 valence electrons. The molecular formula is C18H26N2O3. The van der Waals surface area contributed by atoms with Crippen molar-refractivity contribution in [1.29, 1.82) is 0 Å². The number of carbonyl (C=O) groups excluding carboxylic acids is 1. The number of rotatable bonds is 4. The average Bonchev–Trinajstić information content (AvgIpc) is 3.04. The van der Waals surface area contributed by atoms with Crippen LogP contribution in [0.2, 0.25) is 0 Å². The summed E-state index contributed by atoms with van der Waals surface area (Å²) < 4.78 is 11.4. The van der Waals surface area contributed by atoms with Crippen molar-refractivity contribution in [3.63, 3.8) is 0 Å². The summed E-state index contributed by atoms with van der Waals surface area (Å²) in [5.74, 6) is 0.0277. The lowest BCUT2D eigenvalue weighted by atomic mass is 9.98. The van der Waals surface area contributed by atoms with Gasteiger partial charge in [0.1, 0.15) is 0 Å². The van der Waals surface area contributed by atoms with E-state index in [-0.39, 0.29) is 6.03 Å². The summed E-state index contributed by atoms with van der Waals surface area (Å²) in [6.45, 7) is 5.62. The van der Waals surface area contributed by atoms with E-state index in [1.807, 2.05) is 11.0 Å². The maximum absolute atomic E-state index is 12.3. The molecular weight excluding hydrogens is 292 g/mol. The van der Waals surface area contributed by atoms with Gasteiger partial charge in [-0.15, -0.1) is 0 Å². The zero-order valence-corrected chi connectivity index (χ0v) is 13.8. The lowest BCUT2D eigenvalue weighted by Gasteiger charge is -2.37. The number of nitrogens with zero attached hydrogens (tertiary/aromatic N) is 1. The molecule has 1 spiro atoms. The van der Waals surface area contributed by atoms with E-state index in [4.69, 9.17) is 9.47 Å². The standard InChI is InChI=1S/C18H26N2O3/c1-15(16-5-3-2-4-6-16)7-10-19-17(21)20-11-8-18(9-12-20)22-13-14-23-18/h2-6,15H,7-14H2,1H3,(H,19,21)/t15-/m0/s1. The van der Waals surface area contributed by atoms with Gasteiger partial charge in [0.15, 0.2) is 5.79 Å². The second-order valence-electron chi connectivity index (χ2n) is 6.43. The van der Waals surface area contributed by atoms with Gasteiger partial charge in [-0.1, -0.05) is 37.3 Å².